The van der Waals surface area contributed by atoms with Gasteiger partial charge in [0, 0.05) is 6.08 Å². The number of carbonyl (C=O) groups is 1. The van der Waals surface area contributed by atoms with Gasteiger partial charge in [0.1, 0.15) is 5.75 Å². The highest BCUT2D eigenvalue weighted by Crippen LogP contribution is 2.23. The summed E-state index contributed by atoms with van der Waals surface area (Å²) < 4.78 is 5.63. The van der Waals surface area contributed by atoms with Gasteiger partial charge >= 0.3 is 0 Å². The van der Waals surface area contributed by atoms with Crippen molar-refractivity contribution in [2.24, 2.45) is 0 Å². The fraction of sp³-hybridized carbons (Fsp3) is 0.211. The van der Waals surface area contributed by atoms with E-state index in [0.29, 0.717) is 18.0 Å². The lowest BCUT2D eigenvalue weighted by Gasteiger charge is -2.10. The van der Waals surface area contributed by atoms with E-state index in [0.717, 1.165) is 12.0 Å². The third-order valence-electron chi connectivity index (χ3n) is 3.08. The fourth-order valence-corrected chi connectivity index (χ4v) is 2.03. The van der Waals surface area contributed by atoms with Crippen molar-refractivity contribution in [1.29, 1.82) is 0 Å². The molecule has 2 rings (SSSR count). The normalized spacial score (nSPS) is 10.6. The first-order valence-electron chi connectivity index (χ1n) is 7.46. The minimum atomic E-state index is -0.172. The van der Waals surface area contributed by atoms with Crippen LogP contribution in [-0.4, -0.2) is 12.5 Å². The number of benzene rings is 2. The Kier molecular flexibility index (Phi) is 5.78. The van der Waals surface area contributed by atoms with E-state index in [9.17, 15) is 4.79 Å². The lowest BCUT2D eigenvalue weighted by atomic mass is 10.1. The molecule has 114 valence electrons. The third kappa shape index (κ3) is 4.77. The zero-order valence-electron chi connectivity index (χ0n) is 13.0. The van der Waals surface area contributed by atoms with E-state index in [1.165, 1.54) is 11.6 Å². The summed E-state index contributed by atoms with van der Waals surface area (Å²) in [7, 11) is 0. The Labute approximate surface area is 131 Å². The van der Waals surface area contributed by atoms with Crippen LogP contribution in [0.4, 0.5) is 5.69 Å². The number of ether oxygens (including phenoxy) is 1. The Bertz CT molecular complexity index is 662. The Balaban J connectivity index is 2.03. The minimum Gasteiger partial charge on any atom is -0.491 e. The summed E-state index contributed by atoms with van der Waals surface area (Å²) in [5, 5.41) is 2.85. The van der Waals surface area contributed by atoms with Gasteiger partial charge in [-0.25, -0.2) is 0 Å². The van der Waals surface area contributed by atoms with Crippen LogP contribution in [-0.2, 0) is 4.79 Å². The summed E-state index contributed by atoms with van der Waals surface area (Å²) in [6.07, 6.45) is 4.26. The summed E-state index contributed by atoms with van der Waals surface area (Å²) in [5.74, 6) is 0.524. The maximum absolute atomic E-state index is 12.0. The average molecular weight is 295 g/mol. The highest BCUT2D eigenvalue weighted by molar-refractivity contribution is 6.02. The van der Waals surface area contributed by atoms with Crippen LogP contribution in [0.3, 0.4) is 0 Å². The highest BCUT2D eigenvalue weighted by Gasteiger charge is 2.04. The Morgan fingerprint density at radius 1 is 1.18 bits per heavy atom. The van der Waals surface area contributed by atoms with Gasteiger partial charge in [0.2, 0.25) is 5.91 Å². The quantitative estimate of drug-likeness (QED) is 0.800. The molecular weight excluding hydrogens is 274 g/mol. The van der Waals surface area contributed by atoms with Crippen molar-refractivity contribution in [3.8, 4) is 5.75 Å². The van der Waals surface area contributed by atoms with Gasteiger partial charge in [-0.1, -0.05) is 48.9 Å². The van der Waals surface area contributed by atoms with Gasteiger partial charge < -0.3 is 10.1 Å². The molecule has 1 amide bonds. The van der Waals surface area contributed by atoms with Crippen LogP contribution in [0.1, 0.15) is 24.5 Å². The maximum atomic E-state index is 12.0. The van der Waals surface area contributed by atoms with E-state index in [1.807, 2.05) is 62.4 Å². The predicted molar refractivity (Wildman–Crippen MR) is 91.1 cm³/mol. The zero-order chi connectivity index (χ0) is 15.8. The number of rotatable bonds is 6. The van der Waals surface area contributed by atoms with Crippen LogP contribution in [0.25, 0.3) is 6.08 Å². The van der Waals surface area contributed by atoms with Gasteiger partial charge in [-0.15, -0.1) is 0 Å². The van der Waals surface area contributed by atoms with E-state index in [4.69, 9.17) is 4.74 Å². The smallest absolute Gasteiger partial charge is 0.248 e. The second-order valence-electron chi connectivity index (χ2n) is 5.08. The molecule has 0 spiro atoms. The molecule has 3 nitrogen and oxygen atoms in total. The summed E-state index contributed by atoms with van der Waals surface area (Å²) in [6, 6.07) is 15.5. The van der Waals surface area contributed by atoms with Gasteiger partial charge in [0.15, 0.2) is 0 Å². The second kappa shape index (κ2) is 8.03. The van der Waals surface area contributed by atoms with Crippen LogP contribution < -0.4 is 10.1 Å². The molecule has 0 aliphatic carbocycles. The highest BCUT2D eigenvalue weighted by atomic mass is 16.5. The molecule has 0 radical (unpaired) electrons. The van der Waals surface area contributed by atoms with Crippen molar-refractivity contribution in [3.05, 3.63) is 65.7 Å². The molecule has 0 heterocycles. The van der Waals surface area contributed by atoms with Gasteiger partial charge in [-0.3, -0.25) is 4.79 Å². The first-order chi connectivity index (χ1) is 10.7. The molecule has 0 bridgehead atoms. The molecule has 0 saturated carbocycles. The summed E-state index contributed by atoms with van der Waals surface area (Å²) in [4.78, 5) is 12.0. The molecule has 0 aliphatic heterocycles. The standard InChI is InChI=1S/C19H21NO2/c1-3-13-22-18-10-5-4-9-17(18)20-19(21)12-11-16-8-6-7-15(2)14-16/h4-12,14H,3,13H2,1-2H3,(H,20,21)/b12-11+. The number of amides is 1. The summed E-state index contributed by atoms with van der Waals surface area (Å²) in [6.45, 7) is 4.70. The Morgan fingerprint density at radius 3 is 2.77 bits per heavy atom. The number of aryl methyl sites for hydroxylation is 1. The van der Waals surface area contributed by atoms with Crippen LogP contribution in [0, 0.1) is 6.92 Å². The van der Waals surface area contributed by atoms with E-state index < -0.39 is 0 Å². The molecule has 0 aliphatic rings. The van der Waals surface area contributed by atoms with Crippen LogP contribution >= 0.6 is 0 Å². The topological polar surface area (TPSA) is 38.3 Å². The molecule has 22 heavy (non-hydrogen) atoms. The summed E-state index contributed by atoms with van der Waals surface area (Å²) >= 11 is 0. The van der Waals surface area contributed by atoms with Crippen molar-refractivity contribution in [3.63, 3.8) is 0 Å². The molecule has 0 unspecified atom stereocenters. The Morgan fingerprint density at radius 2 is 2.00 bits per heavy atom. The van der Waals surface area contributed by atoms with Gasteiger partial charge in [-0.2, -0.15) is 0 Å². The maximum Gasteiger partial charge on any atom is 0.248 e. The third-order valence-corrected chi connectivity index (χ3v) is 3.08. The lowest BCUT2D eigenvalue weighted by molar-refractivity contribution is -0.111. The largest absolute Gasteiger partial charge is 0.491 e. The number of hydrogen-bond acceptors (Lipinski definition) is 2. The number of para-hydroxylation sites is 2. The van der Waals surface area contributed by atoms with Crippen molar-refractivity contribution in [2.45, 2.75) is 20.3 Å². The molecule has 0 aromatic heterocycles. The number of nitrogens with one attached hydrogen (secondary N) is 1. The van der Waals surface area contributed by atoms with E-state index >= 15 is 0 Å². The molecule has 0 saturated heterocycles. The molecule has 0 atom stereocenters. The number of hydrogen-bond donors (Lipinski definition) is 1. The molecule has 3 heteroatoms. The second-order valence-corrected chi connectivity index (χ2v) is 5.08. The summed E-state index contributed by atoms with van der Waals surface area (Å²) in [5.41, 5.74) is 2.86. The van der Waals surface area contributed by atoms with Crippen molar-refractivity contribution in [1.82, 2.24) is 0 Å². The monoisotopic (exact) mass is 295 g/mol. The molecule has 2 aromatic carbocycles. The van der Waals surface area contributed by atoms with Crippen LogP contribution in [0.5, 0.6) is 5.75 Å². The first kappa shape index (κ1) is 15.8. The van der Waals surface area contributed by atoms with Crippen molar-refractivity contribution < 1.29 is 9.53 Å². The molecule has 2 aromatic rings. The Hall–Kier alpha value is -2.55. The lowest BCUT2D eigenvalue weighted by Crippen LogP contribution is -2.09. The molecule has 0 fully saturated rings. The van der Waals surface area contributed by atoms with Gasteiger partial charge in [0.05, 0.1) is 12.3 Å². The average Bonchev–Trinajstić information content (AvgIpc) is 2.52. The fourth-order valence-electron chi connectivity index (χ4n) is 2.03. The molecular formula is C19H21NO2. The first-order valence-corrected chi connectivity index (χ1v) is 7.46. The van der Waals surface area contributed by atoms with Gasteiger partial charge in [-0.05, 0) is 37.1 Å². The number of anilines is 1. The van der Waals surface area contributed by atoms with E-state index in [-0.39, 0.29) is 5.91 Å². The van der Waals surface area contributed by atoms with Crippen LogP contribution in [0.2, 0.25) is 0 Å². The SMILES string of the molecule is CCCOc1ccccc1NC(=O)/C=C/c1cccc(C)c1. The van der Waals surface area contributed by atoms with E-state index in [1.54, 1.807) is 6.08 Å². The zero-order valence-corrected chi connectivity index (χ0v) is 13.0. The van der Waals surface area contributed by atoms with Crippen molar-refractivity contribution in [2.75, 3.05) is 11.9 Å². The predicted octanol–water partition coefficient (Wildman–Crippen LogP) is 4.44. The van der Waals surface area contributed by atoms with E-state index in [2.05, 4.69) is 5.32 Å². The van der Waals surface area contributed by atoms with Crippen molar-refractivity contribution >= 4 is 17.7 Å². The molecule has 1 N–H and O–H groups in total. The minimum absolute atomic E-state index is 0.172. The number of carbonyl (C=O) groups excluding carboxylic acids is 1. The van der Waals surface area contributed by atoms with Gasteiger partial charge in [0.25, 0.3) is 0 Å². The van der Waals surface area contributed by atoms with Crippen LogP contribution in [0.15, 0.2) is 54.6 Å².